The number of nitro benzene ring substituents is 1. The van der Waals surface area contributed by atoms with E-state index in [2.05, 4.69) is 11.6 Å². The average molecular weight is 254 g/mol. The minimum Gasteiger partial charge on any atom is -0.310 e. The van der Waals surface area contributed by atoms with Crippen LogP contribution < -0.4 is 5.32 Å². The first kappa shape index (κ1) is 14.0. The van der Waals surface area contributed by atoms with Gasteiger partial charge in [0.25, 0.3) is 5.69 Å². The van der Waals surface area contributed by atoms with Crippen LogP contribution in [0.1, 0.15) is 24.9 Å². The van der Waals surface area contributed by atoms with E-state index in [9.17, 15) is 10.1 Å². The molecule has 0 radical (unpaired) electrons. The van der Waals surface area contributed by atoms with Crippen LogP contribution >= 0.6 is 11.8 Å². The van der Waals surface area contributed by atoms with Gasteiger partial charge < -0.3 is 5.32 Å². The largest absolute Gasteiger partial charge is 0.310 e. The van der Waals surface area contributed by atoms with Crippen molar-refractivity contribution in [2.24, 2.45) is 0 Å². The Morgan fingerprint density at radius 3 is 2.94 bits per heavy atom. The van der Waals surface area contributed by atoms with Gasteiger partial charge in [-0.25, -0.2) is 0 Å². The van der Waals surface area contributed by atoms with E-state index in [1.165, 1.54) is 6.07 Å². The fraction of sp³-hybridized carbons (Fsp3) is 0.500. The van der Waals surface area contributed by atoms with Gasteiger partial charge in [-0.2, -0.15) is 11.8 Å². The summed E-state index contributed by atoms with van der Waals surface area (Å²) in [6, 6.07) is 6.94. The highest BCUT2D eigenvalue weighted by molar-refractivity contribution is 7.98. The Morgan fingerprint density at radius 2 is 2.29 bits per heavy atom. The smallest absolute Gasteiger partial charge is 0.269 e. The van der Waals surface area contributed by atoms with E-state index in [-0.39, 0.29) is 16.7 Å². The molecule has 0 amide bonds. The van der Waals surface area contributed by atoms with Gasteiger partial charge in [0.05, 0.1) is 4.92 Å². The summed E-state index contributed by atoms with van der Waals surface area (Å²) in [5, 5.41) is 14.0. The standard InChI is InChI=1S/C12H18N2O2S/c1-10(13-7-4-8-17-2)11-5-3-6-12(9-11)14(15)16/h3,5-6,9-10,13H,4,7-8H2,1-2H3. The highest BCUT2D eigenvalue weighted by atomic mass is 32.2. The molecule has 0 heterocycles. The molecule has 1 N–H and O–H groups in total. The lowest BCUT2D eigenvalue weighted by Crippen LogP contribution is -2.20. The lowest BCUT2D eigenvalue weighted by atomic mass is 10.1. The zero-order chi connectivity index (χ0) is 12.7. The number of nitrogens with zero attached hydrogens (tertiary/aromatic N) is 1. The van der Waals surface area contributed by atoms with Gasteiger partial charge >= 0.3 is 0 Å². The molecular weight excluding hydrogens is 236 g/mol. The van der Waals surface area contributed by atoms with Crippen LogP contribution in [-0.4, -0.2) is 23.5 Å². The molecule has 0 aliphatic rings. The van der Waals surface area contributed by atoms with Crippen LogP contribution in [-0.2, 0) is 0 Å². The first-order valence-electron chi connectivity index (χ1n) is 5.62. The van der Waals surface area contributed by atoms with E-state index in [1.54, 1.807) is 12.1 Å². The molecule has 17 heavy (non-hydrogen) atoms. The minimum absolute atomic E-state index is 0.150. The van der Waals surface area contributed by atoms with Crippen molar-refractivity contribution in [2.75, 3.05) is 18.6 Å². The van der Waals surface area contributed by atoms with E-state index < -0.39 is 0 Å². The zero-order valence-electron chi connectivity index (χ0n) is 10.2. The summed E-state index contributed by atoms with van der Waals surface area (Å²) in [6.45, 7) is 2.96. The molecule has 1 aromatic rings. The highest BCUT2D eigenvalue weighted by Gasteiger charge is 2.09. The number of thioether (sulfide) groups is 1. The van der Waals surface area contributed by atoms with Gasteiger partial charge in [0, 0.05) is 18.2 Å². The van der Waals surface area contributed by atoms with Gasteiger partial charge in [-0.05, 0) is 37.5 Å². The molecular formula is C12H18N2O2S. The monoisotopic (exact) mass is 254 g/mol. The minimum atomic E-state index is -0.357. The molecule has 1 unspecified atom stereocenters. The second kappa shape index (κ2) is 7.29. The number of hydrogen-bond donors (Lipinski definition) is 1. The van der Waals surface area contributed by atoms with Crippen LogP contribution in [0.3, 0.4) is 0 Å². The molecule has 0 aromatic heterocycles. The maximum Gasteiger partial charge on any atom is 0.269 e. The Balaban J connectivity index is 2.53. The van der Waals surface area contributed by atoms with Crippen molar-refractivity contribution in [1.82, 2.24) is 5.32 Å². The molecule has 4 nitrogen and oxygen atoms in total. The zero-order valence-corrected chi connectivity index (χ0v) is 11.0. The van der Waals surface area contributed by atoms with Crippen molar-refractivity contribution < 1.29 is 4.92 Å². The van der Waals surface area contributed by atoms with Gasteiger partial charge in [-0.1, -0.05) is 12.1 Å². The van der Waals surface area contributed by atoms with Crippen molar-refractivity contribution in [3.63, 3.8) is 0 Å². The summed E-state index contributed by atoms with van der Waals surface area (Å²) in [6.07, 6.45) is 3.20. The van der Waals surface area contributed by atoms with Crippen LogP contribution in [0, 0.1) is 10.1 Å². The molecule has 1 rings (SSSR count). The number of non-ortho nitro benzene ring substituents is 1. The van der Waals surface area contributed by atoms with Crippen LogP contribution in [0.5, 0.6) is 0 Å². The predicted molar refractivity (Wildman–Crippen MR) is 72.5 cm³/mol. The number of benzene rings is 1. The molecule has 0 saturated heterocycles. The van der Waals surface area contributed by atoms with Crippen molar-refractivity contribution in [2.45, 2.75) is 19.4 Å². The molecule has 0 spiro atoms. The third-order valence-electron chi connectivity index (χ3n) is 2.56. The molecule has 1 aromatic carbocycles. The van der Waals surface area contributed by atoms with Crippen molar-refractivity contribution in [3.05, 3.63) is 39.9 Å². The first-order chi connectivity index (χ1) is 8.15. The Hall–Kier alpha value is -1.07. The summed E-state index contributed by atoms with van der Waals surface area (Å²) >= 11 is 1.83. The van der Waals surface area contributed by atoms with Gasteiger partial charge in [0.1, 0.15) is 0 Å². The maximum absolute atomic E-state index is 10.7. The molecule has 0 saturated carbocycles. The van der Waals surface area contributed by atoms with Crippen LogP contribution in [0.4, 0.5) is 5.69 Å². The summed E-state index contributed by atoms with van der Waals surface area (Å²) in [5.41, 5.74) is 1.11. The fourth-order valence-corrected chi connectivity index (χ4v) is 1.99. The van der Waals surface area contributed by atoms with Gasteiger partial charge in [0.2, 0.25) is 0 Å². The van der Waals surface area contributed by atoms with Gasteiger partial charge in [-0.3, -0.25) is 10.1 Å². The summed E-state index contributed by atoms with van der Waals surface area (Å²) in [7, 11) is 0. The summed E-state index contributed by atoms with van der Waals surface area (Å²) < 4.78 is 0. The fourth-order valence-electron chi connectivity index (χ4n) is 1.56. The topological polar surface area (TPSA) is 55.2 Å². The van der Waals surface area contributed by atoms with Crippen LogP contribution in [0.15, 0.2) is 24.3 Å². The highest BCUT2D eigenvalue weighted by Crippen LogP contribution is 2.18. The lowest BCUT2D eigenvalue weighted by molar-refractivity contribution is -0.384. The molecule has 1 atom stereocenters. The molecule has 0 aliphatic carbocycles. The van der Waals surface area contributed by atoms with Crippen molar-refractivity contribution in [1.29, 1.82) is 0 Å². The molecule has 94 valence electrons. The van der Waals surface area contributed by atoms with Crippen molar-refractivity contribution in [3.8, 4) is 0 Å². The van der Waals surface area contributed by atoms with Gasteiger partial charge in [0.15, 0.2) is 0 Å². The third-order valence-corrected chi connectivity index (χ3v) is 3.25. The number of nitro groups is 1. The van der Waals surface area contributed by atoms with Crippen LogP contribution in [0.25, 0.3) is 0 Å². The number of nitrogens with one attached hydrogen (secondary N) is 1. The average Bonchev–Trinajstić information content (AvgIpc) is 2.34. The van der Waals surface area contributed by atoms with E-state index in [0.29, 0.717) is 0 Å². The SMILES string of the molecule is CSCCCNC(C)c1cccc([N+](=O)[O-])c1. The molecule has 0 fully saturated rings. The quantitative estimate of drug-likeness (QED) is 0.461. The Labute approximate surface area is 106 Å². The Morgan fingerprint density at radius 1 is 1.53 bits per heavy atom. The molecule has 5 heteroatoms. The van der Waals surface area contributed by atoms with Crippen molar-refractivity contribution >= 4 is 17.4 Å². The molecule has 0 bridgehead atoms. The maximum atomic E-state index is 10.7. The lowest BCUT2D eigenvalue weighted by Gasteiger charge is -2.13. The van der Waals surface area contributed by atoms with E-state index in [4.69, 9.17) is 0 Å². The predicted octanol–water partition coefficient (Wildman–Crippen LogP) is 3.00. The first-order valence-corrected chi connectivity index (χ1v) is 7.01. The summed E-state index contributed by atoms with van der Waals surface area (Å²) in [5.74, 6) is 1.13. The Kier molecular flexibility index (Phi) is 6.00. The number of hydrogen-bond acceptors (Lipinski definition) is 4. The second-order valence-electron chi connectivity index (χ2n) is 3.87. The van der Waals surface area contributed by atoms with E-state index in [1.807, 2.05) is 24.8 Å². The van der Waals surface area contributed by atoms with E-state index >= 15 is 0 Å². The molecule has 0 aliphatic heterocycles. The third kappa shape index (κ3) is 4.75. The summed E-state index contributed by atoms with van der Waals surface area (Å²) in [4.78, 5) is 10.3. The van der Waals surface area contributed by atoms with E-state index in [0.717, 1.165) is 24.3 Å². The second-order valence-corrected chi connectivity index (χ2v) is 4.86. The van der Waals surface area contributed by atoms with Gasteiger partial charge in [-0.15, -0.1) is 0 Å². The Bertz CT molecular complexity index is 371. The normalized spacial score (nSPS) is 12.4. The van der Waals surface area contributed by atoms with Crippen LogP contribution in [0.2, 0.25) is 0 Å². The number of rotatable bonds is 7.